The van der Waals surface area contributed by atoms with Gasteiger partial charge < -0.3 is 14.6 Å². The first-order valence-electron chi connectivity index (χ1n) is 9.82. The molecule has 0 saturated carbocycles. The monoisotopic (exact) mass is 375 g/mol. The number of likely N-dealkylation sites (N-methyl/N-ethyl adjacent to an activating group) is 1. The van der Waals surface area contributed by atoms with Crippen molar-refractivity contribution in [3.05, 3.63) is 65.7 Å². The van der Waals surface area contributed by atoms with Gasteiger partial charge >= 0.3 is 0 Å². The predicted molar refractivity (Wildman–Crippen MR) is 112 cm³/mol. The number of benzene rings is 2. The van der Waals surface area contributed by atoms with Crippen molar-refractivity contribution < 1.29 is 9.21 Å². The smallest absolute Gasteiger partial charge is 0.224 e. The molecule has 2 heterocycles. The van der Waals surface area contributed by atoms with Crippen molar-refractivity contribution in [3.63, 3.8) is 0 Å². The molecule has 1 aromatic heterocycles. The van der Waals surface area contributed by atoms with Gasteiger partial charge in [0.25, 0.3) is 0 Å². The van der Waals surface area contributed by atoms with E-state index >= 15 is 0 Å². The van der Waals surface area contributed by atoms with Crippen LogP contribution in [0.2, 0.25) is 0 Å². The van der Waals surface area contributed by atoms with Crippen LogP contribution in [-0.4, -0.2) is 24.0 Å². The predicted octanol–water partition coefficient (Wildman–Crippen LogP) is 4.60. The van der Waals surface area contributed by atoms with Crippen LogP contribution >= 0.6 is 0 Å². The van der Waals surface area contributed by atoms with E-state index in [2.05, 4.69) is 41.2 Å². The van der Waals surface area contributed by atoms with Gasteiger partial charge in [0.1, 0.15) is 0 Å². The lowest BCUT2D eigenvalue weighted by atomic mass is 10.1. The van der Waals surface area contributed by atoms with Crippen molar-refractivity contribution in [2.45, 2.75) is 33.1 Å². The highest BCUT2D eigenvalue weighted by atomic mass is 16.4. The molecular weight excluding hydrogens is 350 g/mol. The number of hydrogen-bond donors (Lipinski definition) is 1. The van der Waals surface area contributed by atoms with Crippen LogP contribution in [0.15, 0.2) is 53.1 Å². The molecule has 1 amide bonds. The number of carbonyl (C=O) groups is 1. The third-order valence-corrected chi connectivity index (χ3v) is 5.20. The van der Waals surface area contributed by atoms with Crippen molar-refractivity contribution >= 4 is 17.3 Å². The molecule has 1 aliphatic rings. The van der Waals surface area contributed by atoms with Crippen LogP contribution in [0, 0.1) is 6.92 Å². The van der Waals surface area contributed by atoms with Gasteiger partial charge in [-0.1, -0.05) is 35.9 Å². The largest absolute Gasteiger partial charge is 0.441 e. The maximum atomic E-state index is 12.4. The van der Waals surface area contributed by atoms with E-state index in [-0.39, 0.29) is 5.91 Å². The summed E-state index contributed by atoms with van der Waals surface area (Å²) in [5, 5.41) is 3.00. The second-order valence-electron chi connectivity index (χ2n) is 7.21. The number of oxazole rings is 1. The van der Waals surface area contributed by atoms with E-state index < -0.39 is 0 Å². The zero-order valence-corrected chi connectivity index (χ0v) is 16.4. The highest BCUT2D eigenvalue weighted by Crippen LogP contribution is 2.30. The van der Waals surface area contributed by atoms with Crippen molar-refractivity contribution in [2.75, 3.05) is 23.3 Å². The zero-order chi connectivity index (χ0) is 19.5. The minimum Gasteiger partial charge on any atom is -0.441 e. The number of fused-ring (bicyclic) bond motifs is 1. The van der Waals surface area contributed by atoms with E-state index in [0.29, 0.717) is 18.7 Å². The maximum absolute atomic E-state index is 12.4. The number of aromatic nitrogens is 1. The molecule has 4 rings (SSSR count). The van der Waals surface area contributed by atoms with E-state index in [0.717, 1.165) is 36.5 Å². The lowest BCUT2D eigenvalue weighted by Gasteiger charge is -2.17. The number of carbonyl (C=O) groups excluding carboxylic acids is 1. The minimum atomic E-state index is -0.0314. The Kier molecular flexibility index (Phi) is 5.15. The first-order chi connectivity index (χ1) is 13.6. The molecule has 1 N–H and O–H groups in total. The van der Waals surface area contributed by atoms with Crippen LogP contribution in [0.25, 0.3) is 11.3 Å². The van der Waals surface area contributed by atoms with Crippen LogP contribution in [0.5, 0.6) is 0 Å². The first kappa shape index (κ1) is 18.3. The lowest BCUT2D eigenvalue weighted by Crippen LogP contribution is -2.19. The second-order valence-corrected chi connectivity index (χ2v) is 7.21. The summed E-state index contributed by atoms with van der Waals surface area (Å²) in [6, 6.07) is 14.3. The number of hydrogen-bond acceptors (Lipinski definition) is 4. The Hall–Kier alpha value is -3.08. The van der Waals surface area contributed by atoms with Gasteiger partial charge in [-0.3, -0.25) is 4.79 Å². The Bertz CT molecular complexity index is 976. The molecule has 0 aliphatic carbocycles. The van der Waals surface area contributed by atoms with E-state index in [1.54, 1.807) is 6.20 Å². The third-order valence-electron chi connectivity index (χ3n) is 5.20. The van der Waals surface area contributed by atoms with Crippen LogP contribution in [0.3, 0.4) is 0 Å². The van der Waals surface area contributed by atoms with Crippen LogP contribution in [0.4, 0.5) is 11.4 Å². The molecule has 3 aromatic rings. The fourth-order valence-corrected chi connectivity index (χ4v) is 3.57. The Morgan fingerprint density at radius 2 is 2.04 bits per heavy atom. The topological polar surface area (TPSA) is 58.4 Å². The Labute approximate surface area is 165 Å². The Balaban J connectivity index is 1.35. The molecule has 0 spiro atoms. The van der Waals surface area contributed by atoms with Crippen LogP contribution in [0.1, 0.15) is 30.4 Å². The molecule has 0 radical (unpaired) electrons. The van der Waals surface area contributed by atoms with Crippen molar-refractivity contribution in [1.82, 2.24) is 4.98 Å². The van der Waals surface area contributed by atoms with Crippen molar-refractivity contribution in [1.29, 1.82) is 0 Å². The number of rotatable bonds is 6. The molecule has 0 bridgehead atoms. The first-order valence-corrected chi connectivity index (χ1v) is 9.82. The highest BCUT2D eigenvalue weighted by Gasteiger charge is 2.18. The van der Waals surface area contributed by atoms with Gasteiger partial charge in [0.15, 0.2) is 11.7 Å². The molecule has 5 heteroatoms. The molecule has 0 saturated heterocycles. The average molecular weight is 375 g/mol. The van der Waals surface area contributed by atoms with Crippen LogP contribution < -0.4 is 10.2 Å². The number of amides is 1. The molecule has 0 fully saturated rings. The number of nitrogens with zero attached hydrogens (tertiary/aromatic N) is 2. The maximum Gasteiger partial charge on any atom is 0.224 e. The van der Waals surface area contributed by atoms with Gasteiger partial charge in [-0.25, -0.2) is 4.98 Å². The SMILES string of the molecule is CCN1CCc2ccc(NC(=O)CCc3ncc(-c4ccc(C)cc4)o3)cc21. The summed E-state index contributed by atoms with van der Waals surface area (Å²) in [5.41, 5.74) is 5.62. The molecule has 144 valence electrons. The normalized spacial score (nSPS) is 12.9. The lowest BCUT2D eigenvalue weighted by molar-refractivity contribution is -0.116. The number of anilines is 2. The molecule has 28 heavy (non-hydrogen) atoms. The molecule has 0 unspecified atom stereocenters. The highest BCUT2D eigenvalue weighted by molar-refractivity contribution is 5.91. The zero-order valence-electron chi connectivity index (χ0n) is 16.4. The number of aryl methyl sites for hydroxylation is 2. The van der Waals surface area contributed by atoms with E-state index in [4.69, 9.17) is 4.42 Å². The second kappa shape index (κ2) is 7.89. The minimum absolute atomic E-state index is 0.0314. The van der Waals surface area contributed by atoms with Gasteiger partial charge in [-0.15, -0.1) is 0 Å². The van der Waals surface area contributed by atoms with Crippen molar-refractivity contribution in [2.24, 2.45) is 0 Å². The molecule has 1 aliphatic heterocycles. The average Bonchev–Trinajstić information content (AvgIpc) is 3.33. The summed E-state index contributed by atoms with van der Waals surface area (Å²) in [4.78, 5) is 19.0. The summed E-state index contributed by atoms with van der Waals surface area (Å²) in [7, 11) is 0. The fourth-order valence-electron chi connectivity index (χ4n) is 3.57. The summed E-state index contributed by atoms with van der Waals surface area (Å²) in [6.45, 7) is 6.24. The Morgan fingerprint density at radius 1 is 1.21 bits per heavy atom. The van der Waals surface area contributed by atoms with Crippen LogP contribution in [-0.2, 0) is 17.6 Å². The summed E-state index contributed by atoms with van der Waals surface area (Å²) in [6.07, 6.45) is 3.61. The third kappa shape index (κ3) is 3.93. The summed E-state index contributed by atoms with van der Waals surface area (Å²) < 4.78 is 5.80. The summed E-state index contributed by atoms with van der Waals surface area (Å²) in [5.74, 6) is 1.28. The standard InChI is InChI=1S/C23H25N3O2/c1-3-26-13-12-17-8-9-19(14-20(17)26)25-22(27)10-11-23-24-15-21(28-23)18-6-4-16(2)5-7-18/h4-9,14-15H,3,10-13H2,1-2H3,(H,25,27). The number of nitrogens with one attached hydrogen (secondary N) is 1. The van der Waals surface area contributed by atoms with E-state index in [1.165, 1.54) is 16.8 Å². The van der Waals surface area contributed by atoms with E-state index in [1.807, 2.05) is 30.3 Å². The Morgan fingerprint density at radius 3 is 2.82 bits per heavy atom. The quantitative estimate of drug-likeness (QED) is 0.684. The van der Waals surface area contributed by atoms with Gasteiger partial charge in [-0.05, 0) is 38.0 Å². The molecule has 5 nitrogen and oxygen atoms in total. The molecule has 0 atom stereocenters. The fraction of sp³-hybridized carbons (Fsp3) is 0.304. The van der Waals surface area contributed by atoms with E-state index in [9.17, 15) is 4.79 Å². The molecular formula is C23H25N3O2. The van der Waals surface area contributed by atoms with Gasteiger partial charge in [-0.2, -0.15) is 0 Å². The van der Waals surface area contributed by atoms with Gasteiger partial charge in [0, 0.05) is 42.9 Å². The van der Waals surface area contributed by atoms with Gasteiger partial charge in [0.05, 0.1) is 6.20 Å². The van der Waals surface area contributed by atoms with Crippen molar-refractivity contribution in [3.8, 4) is 11.3 Å². The molecule has 2 aromatic carbocycles. The summed E-state index contributed by atoms with van der Waals surface area (Å²) >= 11 is 0. The van der Waals surface area contributed by atoms with Gasteiger partial charge in [0.2, 0.25) is 5.91 Å².